The van der Waals surface area contributed by atoms with Gasteiger partial charge in [0.15, 0.2) is 6.11 Å². The molecule has 0 aromatic carbocycles. The van der Waals surface area contributed by atoms with Gasteiger partial charge in [-0.25, -0.2) is 4.89 Å². The first-order chi connectivity index (χ1) is 2.91. The Labute approximate surface area is 38.2 Å². The summed E-state index contributed by atoms with van der Waals surface area (Å²) in [5.41, 5.74) is 0. The van der Waals surface area contributed by atoms with Crippen LogP contribution in [0, 0.1) is 18.5 Å². The topological polar surface area (TPSA) is 18.5 Å². The largest absolute Gasteiger partial charge is 0.313 e. The van der Waals surface area contributed by atoms with Crippen molar-refractivity contribution in [2.45, 2.75) is 0 Å². The van der Waals surface area contributed by atoms with E-state index in [2.05, 4.69) is 15.9 Å². The number of rotatable bonds is 1. The Hall–Kier alpha value is -0.843. The van der Waals surface area contributed by atoms with E-state index in [1.807, 2.05) is 0 Å². The van der Waals surface area contributed by atoms with E-state index >= 15 is 0 Å². The van der Waals surface area contributed by atoms with E-state index in [-0.39, 0.29) is 9.20 Å². The molecule has 0 aromatic rings. The van der Waals surface area contributed by atoms with E-state index < -0.39 is 0 Å². The molecule has 0 N–H and O–H groups in total. The summed E-state index contributed by atoms with van der Waals surface area (Å²) in [7, 11) is -0.200. The second kappa shape index (κ2) is 4.16. The monoisotopic (exact) mass is 98.0 g/mol. The lowest BCUT2D eigenvalue weighted by Gasteiger charge is -1.81. The van der Waals surface area contributed by atoms with Crippen LogP contribution in [0.3, 0.4) is 0 Å². The summed E-state index contributed by atoms with van der Waals surface area (Å²) in [5.74, 6) is 0. The molecule has 0 atom stereocenters. The average Bonchev–Trinajstić information content (AvgIpc) is 1.61. The highest BCUT2D eigenvalue weighted by Crippen LogP contribution is 1.59. The van der Waals surface area contributed by atoms with Crippen molar-refractivity contribution in [3.8, 4) is 18.5 Å². The molecule has 0 aromatic heterocycles. The van der Waals surface area contributed by atoms with Crippen LogP contribution in [-0.2, 0) is 9.46 Å². The van der Waals surface area contributed by atoms with Gasteiger partial charge in [0.25, 0.3) is 0 Å². The molecule has 0 aliphatic rings. The summed E-state index contributed by atoms with van der Waals surface area (Å²) >= 11 is 0. The molecule has 0 spiro atoms. The molecule has 0 saturated carbocycles. The van der Waals surface area contributed by atoms with E-state index in [4.69, 9.17) is 6.00 Å². The highest BCUT2D eigenvalue weighted by molar-refractivity contribution is 6.11. The van der Waals surface area contributed by atoms with Gasteiger partial charge < -0.3 is 4.58 Å². The maximum atomic E-state index is 4.80. The van der Waals surface area contributed by atoms with E-state index in [0.29, 0.717) is 0 Å². The first kappa shape index (κ1) is 5.16. The van der Waals surface area contributed by atoms with Crippen LogP contribution in [0.1, 0.15) is 0 Å². The van der Waals surface area contributed by atoms with Crippen LogP contribution in [0.25, 0.3) is 0 Å². The van der Waals surface area contributed by atoms with E-state index in [1.165, 1.54) is 0 Å². The smallest absolute Gasteiger partial charge is 0.302 e. The molecule has 0 heterocycles. The quantitative estimate of drug-likeness (QED) is 0.148. The summed E-state index contributed by atoms with van der Waals surface area (Å²) in [4.78, 5) is 3.90. The van der Waals surface area contributed by atoms with Gasteiger partial charge in [0.2, 0.25) is 0 Å². The number of hydrogen-bond acceptors (Lipinski definition) is 2. The number of hydrogen-bond donors (Lipinski definition) is 0. The van der Waals surface area contributed by atoms with Crippen molar-refractivity contribution in [1.29, 1.82) is 0 Å². The third kappa shape index (κ3) is 3.16. The molecule has 2 nitrogen and oxygen atoms in total. The first-order valence-electron chi connectivity index (χ1n) is 1.15. The van der Waals surface area contributed by atoms with Crippen LogP contribution in [-0.4, -0.2) is 9.20 Å². The summed E-state index contributed by atoms with van der Waals surface area (Å²) in [6.45, 7) is 0. The SMILES string of the molecule is C#COO[Si]#C. The molecule has 0 saturated heterocycles. The standard InChI is InChI=1S/C3H2O2Si/c1-3-4-5-6-2/h1-2H. The Kier molecular flexibility index (Phi) is 3.57. The lowest BCUT2D eigenvalue weighted by atomic mass is 11.3. The van der Waals surface area contributed by atoms with Gasteiger partial charge in [0, 0.05) is 0 Å². The zero-order valence-corrected chi connectivity index (χ0v) is 3.97. The minimum atomic E-state index is -0.200. The molecule has 6 heavy (non-hydrogen) atoms. The number of terminal acetylenes is 1. The second-order valence-electron chi connectivity index (χ2n) is 0.402. The van der Waals surface area contributed by atoms with E-state index in [9.17, 15) is 0 Å². The Morgan fingerprint density at radius 1 is 1.67 bits per heavy atom. The van der Waals surface area contributed by atoms with Crippen molar-refractivity contribution in [2.24, 2.45) is 0 Å². The molecule has 0 radical (unpaired) electrons. The summed E-state index contributed by atoms with van der Waals surface area (Å²) in [5, 5.41) is 0. The van der Waals surface area contributed by atoms with Crippen molar-refractivity contribution >= 4 is 9.20 Å². The van der Waals surface area contributed by atoms with Gasteiger partial charge in [-0.2, -0.15) is 0 Å². The molecule has 30 valence electrons. The van der Waals surface area contributed by atoms with Gasteiger partial charge in [-0.15, -0.1) is 6.00 Å². The van der Waals surface area contributed by atoms with Crippen molar-refractivity contribution in [1.82, 2.24) is 0 Å². The lowest BCUT2D eigenvalue weighted by molar-refractivity contribution is -0.129. The Morgan fingerprint density at radius 2 is 2.33 bits per heavy atom. The Balaban J connectivity index is 2.78. The minimum absolute atomic E-state index is 0.200. The highest BCUT2D eigenvalue weighted by Gasteiger charge is 1.60. The maximum absolute atomic E-state index is 4.80. The zero-order valence-electron chi connectivity index (χ0n) is 2.97. The van der Waals surface area contributed by atoms with Crippen LogP contribution in [0.5, 0.6) is 0 Å². The van der Waals surface area contributed by atoms with Gasteiger partial charge in [0.1, 0.15) is 0 Å². The van der Waals surface area contributed by atoms with Gasteiger partial charge in [-0.1, -0.05) is 6.42 Å². The normalized spacial score (nSPS) is 4.33. The van der Waals surface area contributed by atoms with Gasteiger partial charge in [-0.05, 0) is 0 Å². The second-order valence-corrected chi connectivity index (χ2v) is 0.805. The summed E-state index contributed by atoms with van der Waals surface area (Å²) < 4.78 is 4.05. The van der Waals surface area contributed by atoms with Crippen LogP contribution in [0.4, 0.5) is 0 Å². The van der Waals surface area contributed by atoms with Gasteiger partial charge in [0.05, 0.1) is 0 Å². The Morgan fingerprint density at radius 3 is 2.50 bits per heavy atom. The highest BCUT2D eigenvalue weighted by atomic mass is 28.2. The summed E-state index contributed by atoms with van der Waals surface area (Å²) in [6.07, 6.45) is 6.34. The van der Waals surface area contributed by atoms with Crippen molar-refractivity contribution in [2.75, 3.05) is 0 Å². The fourth-order valence-corrected chi connectivity index (χ4v) is 0.144. The molecule has 3 heteroatoms. The van der Waals surface area contributed by atoms with Crippen molar-refractivity contribution in [3.05, 3.63) is 0 Å². The van der Waals surface area contributed by atoms with Crippen LogP contribution in [0.2, 0.25) is 0 Å². The van der Waals surface area contributed by atoms with Crippen LogP contribution < -0.4 is 0 Å². The van der Waals surface area contributed by atoms with Crippen LogP contribution in [0.15, 0.2) is 0 Å². The Bertz CT molecular complexity index is 82.3. The predicted molar refractivity (Wildman–Crippen MR) is 21.7 cm³/mol. The molecule has 0 fully saturated rings. The van der Waals surface area contributed by atoms with E-state index in [0.717, 1.165) is 0 Å². The molecule has 0 amide bonds. The fraction of sp³-hybridized carbons (Fsp3) is 0. The lowest BCUT2D eigenvalue weighted by Crippen LogP contribution is -1.79. The third-order valence-corrected chi connectivity index (χ3v) is 0.317. The predicted octanol–water partition coefficient (Wildman–Crippen LogP) is -0.266. The molecule has 0 unspecified atom stereocenters. The van der Waals surface area contributed by atoms with Crippen molar-refractivity contribution < 1.29 is 9.46 Å². The minimum Gasteiger partial charge on any atom is -0.302 e. The molecular weight excluding hydrogens is 96.1 g/mol. The zero-order chi connectivity index (χ0) is 4.83. The molecular formula is C3H2O2Si. The maximum Gasteiger partial charge on any atom is 0.313 e. The molecule has 0 bridgehead atoms. The molecule has 0 aliphatic carbocycles. The fourth-order valence-electron chi connectivity index (χ4n) is 0.0481. The van der Waals surface area contributed by atoms with Crippen molar-refractivity contribution in [3.63, 3.8) is 0 Å². The molecule has 0 aliphatic heterocycles. The summed E-state index contributed by atoms with van der Waals surface area (Å²) in [6, 6.07) is 4.80. The average molecular weight is 98.1 g/mol. The third-order valence-electron chi connectivity index (χ3n) is 0.138. The first-order valence-corrected chi connectivity index (χ1v) is 2.14. The van der Waals surface area contributed by atoms with E-state index in [1.54, 1.807) is 6.11 Å². The molecule has 0 rings (SSSR count). The van der Waals surface area contributed by atoms with Gasteiger partial charge >= 0.3 is 9.20 Å². The van der Waals surface area contributed by atoms with Gasteiger partial charge in [-0.3, -0.25) is 0 Å². The van der Waals surface area contributed by atoms with Crippen LogP contribution >= 0.6 is 0 Å².